The van der Waals surface area contributed by atoms with Gasteiger partial charge >= 0.3 is 6.03 Å². The molecular weight excluding hydrogens is 296 g/mol. The van der Waals surface area contributed by atoms with E-state index in [1.807, 2.05) is 11.1 Å². The van der Waals surface area contributed by atoms with E-state index in [-0.39, 0.29) is 12.1 Å². The Morgan fingerprint density at radius 1 is 1.27 bits per heavy atom. The highest BCUT2D eigenvalue weighted by Gasteiger charge is 2.37. The first-order chi connectivity index (χ1) is 10.7. The quantitative estimate of drug-likeness (QED) is 0.927. The first kappa shape index (κ1) is 14.5. The van der Waals surface area contributed by atoms with Crippen LogP contribution in [-0.2, 0) is 0 Å². The summed E-state index contributed by atoms with van der Waals surface area (Å²) in [5.41, 5.74) is 0. The predicted molar refractivity (Wildman–Crippen MR) is 87.0 cm³/mol. The second-order valence-corrected chi connectivity index (χ2v) is 8.09. The van der Waals surface area contributed by atoms with Gasteiger partial charge in [-0.3, -0.25) is 4.90 Å². The summed E-state index contributed by atoms with van der Waals surface area (Å²) in [6.45, 7) is 5.85. The molecule has 2 saturated carbocycles. The fraction of sp³-hybridized carbons (Fsp3) is 0.750. The van der Waals surface area contributed by atoms with Crippen molar-refractivity contribution in [2.24, 2.45) is 5.92 Å². The van der Waals surface area contributed by atoms with Crippen LogP contribution in [0.4, 0.5) is 4.79 Å². The molecule has 3 fully saturated rings. The summed E-state index contributed by atoms with van der Waals surface area (Å²) in [5.74, 6) is 0.585. The van der Waals surface area contributed by atoms with Gasteiger partial charge in [0.05, 0.1) is 6.04 Å². The molecule has 0 bridgehead atoms. The van der Waals surface area contributed by atoms with Crippen LogP contribution >= 0.6 is 11.3 Å². The highest BCUT2D eigenvalue weighted by molar-refractivity contribution is 7.11. The largest absolute Gasteiger partial charge is 0.328 e. The minimum Gasteiger partial charge on any atom is -0.328 e. The zero-order valence-corrected chi connectivity index (χ0v) is 13.9. The van der Waals surface area contributed by atoms with Gasteiger partial charge in [0.25, 0.3) is 0 Å². The molecule has 1 unspecified atom stereocenters. The number of carbonyl (C=O) groups excluding carboxylic acids is 1. The molecule has 3 aliphatic rings. The first-order valence-corrected chi connectivity index (χ1v) is 9.24. The number of carbonyl (C=O) groups is 1. The lowest BCUT2D eigenvalue weighted by Gasteiger charge is -2.35. The van der Waals surface area contributed by atoms with Crippen LogP contribution in [0.1, 0.15) is 41.6 Å². The molecule has 2 amide bonds. The summed E-state index contributed by atoms with van der Waals surface area (Å²) < 4.78 is 0. The van der Waals surface area contributed by atoms with Crippen LogP contribution in [0, 0.1) is 12.8 Å². The Balaban J connectivity index is 1.35. The average Bonchev–Trinajstić information content (AvgIpc) is 3.43. The highest BCUT2D eigenvalue weighted by atomic mass is 32.1. The van der Waals surface area contributed by atoms with Crippen molar-refractivity contribution >= 4 is 17.4 Å². The van der Waals surface area contributed by atoms with Gasteiger partial charge in [0.15, 0.2) is 0 Å². The number of thiazole rings is 1. The molecule has 1 N–H and O–H groups in total. The zero-order valence-electron chi connectivity index (χ0n) is 13.1. The van der Waals surface area contributed by atoms with E-state index in [0.29, 0.717) is 5.92 Å². The molecule has 5 nitrogen and oxygen atoms in total. The third kappa shape index (κ3) is 3.13. The number of nitrogens with zero attached hydrogens (tertiary/aromatic N) is 3. The second-order valence-electron chi connectivity index (χ2n) is 6.83. The molecule has 6 heteroatoms. The van der Waals surface area contributed by atoms with E-state index in [4.69, 9.17) is 0 Å². The van der Waals surface area contributed by atoms with Crippen LogP contribution in [-0.4, -0.2) is 53.0 Å². The van der Waals surface area contributed by atoms with Crippen LogP contribution in [0.5, 0.6) is 0 Å². The molecular formula is C16H24N4OS. The molecule has 0 radical (unpaired) electrons. The molecule has 0 spiro atoms. The Bertz CT molecular complexity index is 544. The number of urea groups is 1. The lowest BCUT2D eigenvalue weighted by Crippen LogP contribution is -2.52. The summed E-state index contributed by atoms with van der Waals surface area (Å²) in [4.78, 5) is 22.8. The first-order valence-electron chi connectivity index (χ1n) is 8.42. The van der Waals surface area contributed by atoms with Crippen molar-refractivity contribution < 1.29 is 4.79 Å². The van der Waals surface area contributed by atoms with Gasteiger partial charge in [0.1, 0.15) is 5.01 Å². The number of aromatic nitrogens is 1. The van der Waals surface area contributed by atoms with Crippen molar-refractivity contribution in [3.05, 3.63) is 16.1 Å². The second kappa shape index (κ2) is 5.81. The molecule has 1 aliphatic heterocycles. The molecule has 1 atom stereocenters. The Morgan fingerprint density at radius 3 is 2.55 bits per heavy atom. The number of aryl methyl sites for hydroxylation is 1. The van der Waals surface area contributed by atoms with E-state index in [0.717, 1.165) is 37.2 Å². The molecule has 0 aromatic carbocycles. The number of amides is 2. The Morgan fingerprint density at radius 2 is 2.00 bits per heavy atom. The minimum absolute atomic E-state index is 0.0974. The van der Waals surface area contributed by atoms with E-state index in [2.05, 4.69) is 22.1 Å². The van der Waals surface area contributed by atoms with Gasteiger partial charge in [-0.15, -0.1) is 11.3 Å². The van der Waals surface area contributed by atoms with Gasteiger partial charge in [-0.2, -0.15) is 0 Å². The van der Waals surface area contributed by atoms with E-state index in [9.17, 15) is 4.79 Å². The maximum Gasteiger partial charge on any atom is 0.318 e. The lowest BCUT2D eigenvalue weighted by atomic mass is 10.2. The van der Waals surface area contributed by atoms with Crippen LogP contribution in [0.15, 0.2) is 6.20 Å². The SMILES string of the molecule is Cc1cnc(C(NC(=O)N2CCN(C3CC3)CC2)C2CC2)s1. The third-order valence-electron chi connectivity index (χ3n) is 4.94. The van der Waals surface area contributed by atoms with Gasteiger partial charge in [-0.1, -0.05) is 0 Å². The normalized spacial score (nSPS) is 24.3. The maximum atomic E-state index is 12.6. The van der Waals surface area contributed by atoms with Gasteiger partial charge in [0.2, 0.25) is 0 Å². The van der Waals surface area contributed by atoms with E-state index in [1.165, 1.54) is 30.6 Å². The number of rotatable bonds is 4. The van der Waals surface area contributed by atoms with E-state index >= 15 is 0 Å². The van der Waals surface area contributed by atoms with Crippen molar-refractivity contribution in [1.82, 2.24) is 20.1 Å². The maximum absolute atomic E-state index is 12.6. The number of nitrogens with one attached hydrogen (secondary N) is 1. The van der Waals surface area contributed by atoms with E-state index in [1.54, 1.807) is 11.3 Å². The van der Waals surface area contributed by atoms with Gasteiger partial charge in [-0.25, -0.2) is 9.78 Å². The predicted octanol–water partition coefficient (Wildman–Crippen LogP) is 2.39. The molecule has 4 rings (SSSR count). The molecule has 1 aromatic heterocycles. The smallest absolute Gasteiger partial charge is 0.318 e. The Kier molecular flexibility index (Phi) is 3.82. The topological polar surface area (TPSA) is 48.5 Å². The molecule has 22 heavy (non-hydrogen) atoms. The van der Waals surface area contributed by atoms with E-state index < -0.39 is 0 Å². The van der Waals surface area contributed by atoms with Crippen LogP contribution in [0.25, 0.3) is 0 Å². The molecule has 120 valence electrons. The standard InChI is InChI=1S/C16H24N4OS/c1-11-10-17-15(22-11)14(12-2-3-12)18-16(21)20-8-6-19(7-9-20)13-4-5-13/h10,12-14H,2-9H2,1H3,(H,18,21). The van der Waals surface area contributed by atoms with Crippen molar-refractivity contribution in [3.8, 4) is 0 Å². The van der Waals surface area contributed by atoms with Crippen molar-refractivity contribution in [2.45, 2.75) is 44.7 Å². The Labute approximate surface area is 135 Å². The monoisotopic (exact) mass is 320 g/mol. The average molecular weight is 320 g/mol. The summed E-state index contributed by atoms with van der Waals surface area (Å²) in [6.07, 6.45) is 7.02. The molecule has 1 saturated heterocycles. The minimum atomic E-state index is 0.0974. The van der Waals surface area contributed by atoms with Crippen LogP contribution < -0.4 is 5.32 Å². The van der Waals surface area contributed by atoms with Crippen molar-refractivity contribution in [1.29, 1.82) is 0 Å². The van der Waals surface area contributed by atoms with Crippen LogP contribution in [0.3, 0.4) is 0 Å². The lowest BCUT2D eigenvalue weighted by molar-refractivity contribution is 0.132. The van der Waals surface area contributed by atoms with Crippen molar-refractivity contribution in [3.63, 3.8) is 0 Å². The third-order valence-corrected chi connectivity index (χ3v) is 5.94. The fourth-order valence-electron chi connectivity index (χ4n) is 3.28. The van der Waals surface area contributed by atoms with Crippen molar-refractivity contribution in [2.75, 3.05) is 26.2 Å². The van der Waals surface area contributed by atoms with Gasteiger partial charge < -0.3 is 10.2 Å². The summed E-state index contributed by atoms with van der Waals surface area (Å²) in [5, 5.41) is 4.33. The zero-order chi connectivity index (χ0) is 15.1. The van der Waals surface area contributed by atoms with Gasteiger partial charge in [0, 0.05) is 43.3 Å². The highest BCUT2D eigenvalue weighted by Crippen LogP contribution is 2.42. The van der Waals surface area contributed by atoms with Crippen LogP contribution in [0.2, 0.25) is 0 Å². The fourth-order valence-corrected chi connectivity index (χ4v) is 4.20. The van der Waals surface area contributed by atoms with Gasteiger partial charge in [-0.05, 0) is 38.5 Å². The molecule has 2 aliphatic carbocycles. The Hall–Kier alpha value is -1.14. The summed E-state index contributed by atoms with van der Waals surface area (Å²) >= 11 is 1.71. The number of hydrogen-bond acceptors (Lipinski definition) is 4. The number of hydrogen-bond donors (Lipinski definition) is 1. The summed E-state index contributed by atoms with van der Waals surface area (Å²) in [6, 6.07) is 1.02. The number of piperazine rings is 1. The summed E-state index contributed by atoms with van der Waals surface area (Å²) in [7, 11) is 0. The molecule has 2 heterocycles. The molecule has 1 aromatic rings.